The largest absolute Gasteiger partial charge is 0.355 e. The fourth-order valence-corrected chi connectivity index (χ4v) is 4.33. The summed E-state index contributed by atoms with van der Waals surface area (Å²) < 4.78 is 0. The van der Waals surface area contributed by atoms with Crippen molar-refractivity contribution in [1.82, 2.24) is 9.80 Å². The lowest BCUT2D eigenvalue weighted by Crippen LogP contribution is -2.29. The van der Waals surface area contributed by atoms with Gasteiger partial charge in [0.1, 0.15) is 6.17 Å². The Hall–Kier alpha value is -1.44. The number of hydrogen-bond donors (Lipinski definition) is 0. The van der Waals surface area contributed by atoms with Crippen molar-refractivity contribution in [1.29, 1.82) is 0 Å². The second-order valence-electron chi connectivity index (χ2n) is 8.58. The van der Waals surface area contributed by atoms with Gasteiger partial charge in [0, 0.05) is 26.0 Å². The van der Waals surface area contributed by atoms with Crippen molar-refractivity contribution < 1.29 is 0 Å². The van der Waals surface area contributed by atoms with E-state index in [1.54, 1.807) is 0 Å². The molecule has 0 aromatic heterocycles. The van der Waals surface area contributed by atoms with E-state index in [0.29, 0.717) is 6.17 Å². The first-order valence-corrected chi connectivity index (χ1v) is 12.0. The summed E-state index contributed by atoms with van der Waals surface area (Å²) in [6.45, 7) is 3.46. The van der Waals surface area contributed by atoms with E-state index < -0.39 is 0 Å². The Morgan fingerprint density at radius 1 is 0.643 bits per heavy atom. The number of benzene rings is 1. The smallest absolute Gasteiger partial charge is 0.127 e. The normalized spacial score (nSPS) is 16.3. The van der Waals surface area contributed by atoms with Crippen molar-refractivity contribution >= 4 is 0 Å². The molecule has 0 saturated carbocycles. The predicted molar refractivity (Wildman–Crippen MR) is 123 cm³/mol. The van der Waals surface area contributed by atoms with E-state index in [1.165, 1.54) is 102 Å². The molecule has 0 fully saturated rings. The molecule has 1 aliphatic rings. The van der Waals surface area contributed by atoms with Crippen LogP contribution < -0.4 is 0 Å². The van der Waals surface area contributed by atoms with Crippen LogP contribution in [0.3, 0.4) is 0 Å². The topological polar surface area (TPSA) is 6.48 Å². The number of hydrogen-bond acceptors (Lipinski definition) is 2. The van der Waals surface area contributed by atoms with E-state index in [4.69, 9.17) is 0 Å². The molecule has 1 aromatic rings. The zero-order valence-corrected chi connectivity index (χ0v) is 18.6. The molecule has 0 bridgehead atoms. The maximum atomic E-state index is 2.50. The Bertz CT molecular complexity index is 510. The van der Waals surface area contributed by atoms with Crippen molar-refractivity contribution in [2.24, 2.45) is 0 Å². The van der Waals surface area contributed by atoms with Crippen LogP contribution in [-0.2, 0) is 0 Å². The monoisotopic (exact) mass is 384 g/mol. The molecule has 0 amide bonds. The van der Waals surface area contributed by atoms with Crippen LogP contribution in [0.4, 0.5) is 0 Å². The summed E-state index contributed by atoms with van der Waals surface area (Å²) in [6.07, 6.45) is 24.8. The van der Waals surface area contributed by atoms with Gasteiger partial charge in [-0.25, -0.2) is 0 Å². The summed E-state index contributed by atoms with van der Waals surface area (Å²) in [4.78, 5) is 4.81. The molecule has 2 nitrogen and oxygen atoms in total. The minimum Gasteiger partial charge on any atom is -0.355 e. The van der Waals surface area contributed by atoms with Gasteiger partial charge in [-0.3, -0.25) is 0 Å². The van der Waals surface area contributed by atoms with Crippen molar-refractivity contribution in [3.63, 3.8) is 0 Å². The molecule has 0 radical (unpaired) electrons. The third kappa shape index (κ3) is 8.71. The van der Waals surface area contributed by atoms with Crippen LogP contribution in [-0.4, -0.2) is 23.4 Å². The SMILES string of the molecule is CCCCCCCCCCCCCCCCN1C=CN(C)C1c1ccccc1. The summed E-state index contributed by atoms with van der Waals surface area (Å²) in [5.74, 6) is 0. The lowest BCUT2D eigenvalue weighted by atomic mass is 10.0. The van der Waals surface area contributed by atoms with Gasteiger partial charge in [0.25, 0.3) is 0 Å². The molecule has 2 rings (SSSR count). The second-order valence-corrected chi connectivity index (χ2v) is 8.58. The van der Waals surface area contributed by atoms with Crippen LogP contribution in [0.5, 0.6) is 0 Å². The molecule has 2 heteroatoms. The lowest BCUT2D eigenvalue weighted by molar-refractivity contribution is 0.176. The Kier molecular flexibility index (Phi) is 11.9. The van der Waals surface area contributed by atoms with E-state index in [1.807, 2.05) is 0 Å². The molecule has 1 aromatic carbocycles. The summed E-state index contributed by atoms with van der Waals surface area (Å²) in [6, 6.07) is 10.9. The molecule has 0 N–H and O–H groups in total. The van der Waals surface area contributed by atoms with Gasteiger partial charge < -0.3 is 9.80 Å². The van der Waals surface area contributed by atoms with Crippen molar-refractivity contribution in [3.05, 3.63) is 48.3 Å². The first-order valence-electron chi connectivity index (χ1n) is 12.0. The maximum Gasteiger partial charge on any atom is 0.127 e. The lowest BCUT2D eigenvalue weighted by Gasteiger charge is -2.31. The minimum absolute atomic E-state index is 0.378. The molecule has 1 heterocycles. The van der Waals surface area contributed by atoms with E-state index in [9.17, 15) is 0 Å². The molecule has 1 atom stereocenters. The van der Waals surface area contributed by atoms with Gasteiger partial charge in [-0.2, -0.15) is 0 Å². The molecule has 0 aliphatic carbocycles. The number of nitrogens with zero attached hydrogens (tertiary/aromatic N) is 2. The molecule has 1 unspecified atom stereocenters. The minimum atomic E-state index is 0.378. The zero-order chi connectivity index (χ0) is 19.9. The molecule has 1 aliphatic heterocycles. The molecular weight excluding hydrogens is 340 g/mol. The van der Waals surface area contributed by atoms with Gasteiger partial charge in [-0.1, -0.05) is 121 Å². The third-order valence-electron chi connectivity index (χ3n) is 6.06. The Morgan fingerprint density at radius 3 is 1.68 bits per heavy atom. The van der Waals surface area contributed by atoms with Gasteiger partial charge in [-0.15, -0.1) is 0 Å². The molecule has 28 heavy (non-hydrogen) atoms. The van der Waals surface area contributed by atoms with Gasteiger partial charge >= 0.3 is 0 Å². The quantitative estimate of drug-likeness (QED) is 0.267. The fourth-order valence-electron chi connectivity index (χ4n) is 4.33. The first kappa shape index (κ1) is 22.8. The summed E-state index contributed by atoms with van der Waals surface area (Å²) >= 11 is 0. The Morgan fingerprint density at radius 2 is 1.14 bits per heavy atom. The zero-order valence-electron chi connectivity index (χ0n) is 18.6. The highest BCUT2D eigenvalue weighted by molar-refractivity contribution is 5.21. The average molecular weight is 385 g/mol. The molecule has 0 saturated heterocycles. The van der Waals surface area contributed by atoms with Crippen LogP contribution in [0.25, 0.3) is 0 Å². The molecule has 158 valence electrons. The summed E-state index contributed by atoms with van der Waals surface area (Å²) in [5.41, 5.74) is 1.39. The van der Waals surface area contributed by atoms with Crippen molar-refractivity contribution in [3.8, 4) is 0 Å². The fraction of sp³-hybridized carbons (Fsp3) is 0.692. The van der Waals surface area contributed by atoms with Crippen LogP contribution in [0.15, 0.2) is 42.7 Å². The number of unbranched alkanes of at least 4 members (excludes halogenated alkanes) is 13. The molecular formula is C26H44N2. The highest BCUT2D eigenvalue weighted by Crippen LogP contribution is 2.29. The predicted octanol–water partition coefficient (Wildman–Crippen LogP) is 7.89. The summed E-state index contributed by atoms with van der Waals surface area (Å²) in [7, 11) is 2.18. The second kappa shape index (κ2) is 14.5. The Balaban J connectivity index is 1.44. The van der Waals surface area contributed by atoms with Crippen LogP contribution >= 0.6 is 0 Å². The first-order chi connectivity index (χ1) is 13.8. The average Bonchev–Trinajstić information content (AvgIpc) is 3.09. The van der Waals surface area contributed by atoms with Crippen molar-refractivity contribution in [2.75, 3.05) is 13.6 Å². The third-order valence-corrected chi connectivity index (χ3v) is 6.06. The Labute approximate surface area is 175 Å². The van der Waals surface area contributed by atoms with Gasteiger partial charge in [0.05, 0.1) is 0 Å². The van der Waals surface area contributed by atoms with E-state index >= 15 is 0 Å². The van der Waals surface area contributed by atoms with Crippen LogP contribution in [0.2, 0.25) is 0 Å². The van der Waals surface area contributed by atoms with Crippen LogP contribution in [0.1, 0.15) is 109 Å². The molecule has 0 spiro atoms. The highest BCUT2D eigenvalue weighted by atomic mass is 15.4. The highest BCUT2D eigenvalue weighted by Gasteiger charge is 2.24. The van der Waals surface area contributed by atoms with Gasteiger partial charge in [0.15, 0.2) is 0 Å². The maximum absolute atomic E-state index is 2.50. The summed E-state index contributed by atoms with van der Waals surface area (Å²) in [5, 5.41) is 0. The van der Waals surface area contributed by atoms with Crippen molar-refractivity contribution in [2.45, 2.75) is 103 Å². The van der Waals surface area contributed by atoms with E-state index in [-0.39, 0.29) is 0 Å². The standard InChI is InChI=1S/C26H44N2/c1-3-4-5-6-7-8-9-10-11-12-13-14-15-19-22-28-24-23-27(2)26(28)25-20-17-16-18-21-25/h16-18,20-21,23-24,26H,3-15,19,22H2,1-2H3. The van der Waals surface area contributed by atoms with Crippen LogP contribution in [0, 0.1) is 0 Å². The number of rotatable bonds is 16. The van der Waals surface area contributed by atoms with E-state index in [0.717, 1.165) is 0 Å². The van der Waals surface area contributed by atoms with Gasteiger partial charge in [0.2, 0.25) is 0 Å². The van der Waals surface area contributed by atoms with E-state index in [2.05, 4.69) is 66.5 Å². The van der Waals surface area contributed by atoms with Gasteiger partial charge in [-0.05, 0) is 12.0 Å².